The van der Waals surface area contributed by atoms with E-state index in [4.69, 9.17) is 10.5 Å². The van der Waals surface area contributed by atoms with E-state index in [0.29, 0.717) is 12.2 Å². The van der Waals surface area contributed by atoms with E-state index in [-0.39, 0.29) is 24.4 Å². The predicted molar refractivity (Wildman–Crippen MR) is 73.8 cm³/mol. The molecule has 1 aliphatic heterocycles. The molecule has 0 aromatic rings. The fourth-order valence-electron chi connectivity index (χ4n) is 2.80. The molecule has 5 heteroatoms. The van der Waals surface area contributed by atoms with Gasteiger partial charge in [-0.25, -0.2) is 0 Å². The number of amides is 1. The first-order chi connectivity index (χ1) is 8.16. The maximum Gasteiger partial charge on any atom is 0.239 e. The van der Waals surface area contributed by atoms with Crippen LogP contribution in [0.3, 0.4) is 0 Å². The van der Waals surface area contributed by atoms with Crippen LogP contribution in [0.2, 0.25) is 0 Å². The van der Waals surface area contributed by atoms with Gasteiger partial charge in [0.25, 0.3) is 0 Å². The van der Waals surface area contributed by atoms with Crippen molar-refractivity contribution in [1.29, 1.82) is 0 Å². The van der Waals surface area contributed by atoms with E-state index in [0.717, 1.165) is 25.9 Å². The van der Waals surface area contributed by atoms with E-state index in [1.54, 1.807) is 6.92 Å². The monoisotopic (exact) mass is 276 g/mol. The third-order valence-corrected chi connectivity index (χ3v) is 3.83. The fraction of sp³-hybridized carbons (Fsp3) is 0.923. The van der Waals surface area contributed by atoms with Crippen LogP contribution in [-0.4, -0.2) is 42.1 Å². The van der Waals surface area contributed by atoms with Crippen LogP contribution >= 0.6 is 12.4 Å². The number of carbonyl (C=O) groups is 1. The van der Waals surface area contributed by atoms with Crippen LogP contribution in [0.25, 0.3) is 0 Å². The second-order valence-electron chi connectivity index (χ2n) is 5.36. The van der Waals surface area contributed by atoms with Crippen molar-refractivity contribution >= 4 is 18.3 Å². The van der Waals surface area contributed by atoms with Crippen molar-refractivity contribution in [2.24, 2.45) is 5.73 Å². The molecule has 1 heterocycles. The summed E-state index contributed by atoms with van der Waals surface area (Å²) in [6, 6.07) is -0.373. The SMILES string of the molecule is C[C@@H](N)C(=O)N1CCC(OC2CCCC2)CC1.Cl. The van der Waals surface area contributed by atoms with Gasteiger partial charge in [-0.3, -0.25) is 4.79 Å². The lowest BCUT2D eigenvalue weighted by molar-refractivity contribution is -0.135. The molecule has 0 unspecified atom stereocenters. The molecule has 0 spiro atoms. The second kappa shape index (κ2) is 7.31. The van der Waals surface area contributed by atoms with E-state index < -0.39 is 0 Å². The van der Waals surface area contributed by atoms with Crippen molar-refractivity contribution in [3.8, 4) is 0 Å². The molecule has 1 saturated heterocycles. The summed E-state index contributed by atoms with van der Waals surface area (Å²) in [5.41, 5.74) is 5.61. The maximum atomic E-state index is 11.7. The van der Waals surface area contributed by atoms with Crippen LogP contribution in [0.4, 0.5) is 0 Å². The van der Waals surface area contributed by atoms with Gasteiger partial charge in [-0.1, -0.05) is 12.8 Å². The molecule has 1 saturated carbocycles. The van der Waals surface area contributed by atoms with Crippen molar-refractivity contribution in [2.75, 3.05) is 13.1 Å². The zero-order valence-electron chi connectivity index (χ0n) is 11.1. The molecular weight excluding hydrogens is 252 g/mol. The number of likely N-dealkylation sites (tertiary alicyclic amines) is 1. The summed E-state index contributed by atoms with van der Waals surface area (Å²) in [4.78, 5) is 13.6. The highest BCUT2D eigenvalue weighted by atomic mass is 35.5. The summed E-state index contributed by atoms with van der Waals surface area (Å²) in [5, 5.41) is 0. The third kappa shape index (κ3) is 4.11. The lowest BCUT2D eigenvalue weighted by Gasteiger charge is -2.34. The predicted octanol–water partition coefficient (Wildman–Crippen LogP) is 1.71. The van der Waals surface area contributed by atoms with Gasteiger partial charge in [-0.05, 0) is 32.6 Å². The van der Waals surface area contributed by atoms with E-state index >= 15 is 0 Å². The smallest absolute Gasteiger partial charge is 0.239 e. The molecule has 1 amide bonds. The number of piperidine rings is 1. The molecule has 2 N–H and O–H groups in total. The van der Waals surface area contributed by atoms with E-state index in [1.807, 2.05) is 4.90 Å². The summed E-state index contributed by atoms with van der Waals surface area (Å²) in [5.74, 6) is 0.0734. The summed E-state index contributed by atoms with van der Waals surface area (Å²) in [6.45, 7) is 3.36. The van der Waals surface area contributed by atoms with E-state index in [1.165, 1.54) is 25.7 Å². The largest absolute Gasteiger partial charge is 0.375 e. The molecule has 1 atom stereocenters. The van der Waals surface area contributed by atoms with Crippen molar-refractivity contribution in [3.05, 3.63) is 0 Å². The number of ether oxygens (including phenoxy) is 1. The van der Waals surface area contributed by atoms with Gasteiger partial charge in [0.2, 0.25) is 5.91 Å². The zero-order valence-corrected chi connectivity index (χ0v) is 12.0. The number of hydrogen-bond donors (Lipinski definition) is 1. The minimum absolute atomic E-state index is 0. The van der Waals surface area contributed by atoms with Gasteiger partial charge in [0.1, 0.15) is 0 Å². The van der Waals surface area contributed by atoms with Crippen molar-refractivity contribution in [1.82, 2.24) is 4.90 Å². The molecule has 4 nitrogen and oxygen atoms in total. The average molecular weight is 277 g/mol. The fourth-order valence-corrected chi connectivity index (χ4v) is 2.80. The molecule has 106 valence electrons. The van der Waals surface area contributed by atoms with Crippen LogP contribution in [0, 0.1) is 0 Å². The quantitative estimate of drug-likeness (QED) is 0.854. The minimum atomic E-state index is -0.373. The van der Waals surface area contributed by atoms with Gasteiger partial charge < -0.3 is 15.4 Å². The molecule has 0 bridgehead atoms. The minimum Gasteiger partial charge on any atom is -0.375 e. The lowest BCUT2D eigenvalue weighted by Crippen LogP contribution is -2.47. The standard InChI is InChI=1S/C13H24N2O2.ClH/c1-10(14)13(16)15-8-6-12(7-9-15)17-11-4-2-3-5-11;/h10-12H,2-9,14H2,1H3;1H/t10-;/m1./s1. The Morgan fingerprint density at radius 3 is 2.17 bits per heavy atom. The number of rotatable bonds is 3. The maximum absolute atomic E-state index is 11.7. The van der Waals surface area contributed by atoms with Crippen LogP contribution < -0.4 is 5.73 Å². The van der Waals surface area contributed by atoms with Gasteiger partial charge in [-0.2, -0.15) is 0 Å². The topological polar surface area (TPSA) is 55.6 Å². The Balaban J connectivity index is 0.00000162. The number of carbonyl (C=O) groups excluding carboxylic acids is 1. The molecule has 2 rings (SSSR count). The van der Waals surface area contributed by atoms with E-state index in [2.05, 4.69) is 0 Å². The Kier molecular flexibility index (Phi) is 6.39. The Morgan fingerprint density at radius 1 is 1.17 bits per heavy atom. The molecule has 2 aliphatic rings. The first-order valence-corrected chi connectivity index (χ1v) is 6.86. The average Bonchev–Trinajstić information content (AvgIpc) is 2.82. The summed E-state index contributed by atoms with van der Waals surface area (Å²) in [6.07, 6.45) is 7.84. The second-order valence-corrected chi connectivity index (χ2v) is 5.36. The molecular formula is C13H25ClN2O2. The first-order valence-electron chi connectivity index (χ1n) is 6.86. The highest BCUT2D eigenvalue weighted by molar-refractivity contribution is 5.85. The number of hydrogen-bond acceptors (Lipinski definition) is 3. The first kappa shape index (κ1) is 15.7. The van der Waals surface area contributed by atoms with Crippen LogP contribution in [0.5, 0.6) is 0 Å². The van der Waals surface area contributed by atoms with E-state index in [9.17, 15) is 4.79 Å². The number of nitrogens with two attached hydrogens (primary N) is 1. The van der Waals surface area contributed by atoms with Gasteiger partial charge >= 0.3 is 0 Å². The highest BCUT2D eigenvalue weighted by Crippen LogP contribution is 2.25. The van der Waals surface area contributed by atoms with Crippen molar-refractivity contribution in [3.63, 3.8) is 0 Å². The summed E-state index contributed by atoms with van der Waals surface area (Å²) >= 11 is 0. The van der Waals surface area contributed by atoms with Crippen molar-refractivity contribution < 1.29 is 9.53 Å². The normalized spacial score (nSPS) is 23.8. The zero-order chi connectivity index (χ0) is 12.3. The summed E-state index contributed by atoms with van der Waals surface area (Å²) in [7, 11) is 0. The van der Waals surface area contributed by atoms with Gasteiger partial charge in [0.05, 0.1) is 18.2 Å². The Morgan fingerprint density at radius 2 is 1.67 bits per heavy atom. The Hall–Kier alpha value is -0.320. The summed E-state index contributed by atoms with van der Waals surface area (Å²) < 4.78 is 6.07. The Labute approximate surface area is 116 Å². The third-order valence-electron chi connectivity index (χ3n) is 3.83. The highest BCUT2D eigenvalue weighted by Gasteiger charge is 2.27. The Bertz CT molecular complexity index is 260. The lowest BCUT2D eigenvalue weighted by atomic mass is 10.1. The van der Waals surface area contributed by atoms with Gasteiger partial charge in [0.15, 0.2) is 0 Å². The van der Waals surface area contributed by atoms with Crippen LogP contribution in [0.1, 0.15) is 45.4 Å². The molecule has 2 fully saturated rings. The molecule has 1 aliphatic carbocycles. The number of halogens is 1. The van der Waals surface area contributed by atoms with Crippen molar-refractivity contribution in [2.45, 2.75) is 63.7 Å². The van der Waals surface area contributed by atoms with Crippen LogP contribution in [0.15, 0.2) is 0 Å². The number of nitrogens with zero attached hydrogens (tertiary/aromatic N) is 1. The molecule has 0 aromatic carbocycles. The molecule has 0 aromatic heterocycles. The van der Waals surface area contributed by atoms with Gasteiger partial charge in [-0.15, -0.1) is 12.4 Å². The molecule has 0 radical (unpaired) electrons. The van der Waals surface area contributed by atoms with Gasteiger partial charge in [0, 0.05) is 13.1 Å². The molecule has 18 heavy (non-hydrogen) atoms. The van der Waals surface area contributed by atoms with Crippen LogP contribution in [-0.2, 0) is 9.53 Å².